The van der Waals surface area contributed by atoms with Gasteiger partial charge in [0.05, 0.1) is 18.6 Å². The molecule has 3 aromatic rings. The number of thiophene rings is 1. The van der Waals surface area contributed by atoms with Crippen molar-refractivity contribution in [3.63, 3.8) is 0 Å². The number of aryl methyl sites for hydroxylation is 1. The zero-order valence-electron chi connectivity index (χ0n) is 13.5. The van der Waals surface area contributed by atoms with Gasteiger partial charge in [0.15, 0.2) is 0 Å². The number of methoxy groups -OCH3 is 2. The summed E-state index contributed by atoms with van der Waals surface area (Å²) in [6, 6.07) is 11.3. The molecule has 3 rings (SSSR count). The van der Waals surface area contributed by atoms with Gasteiger partial charge in [0.25, 0.3) is 0 Å². The van der Waals surface area contributed by atoms with Crippen molar-refractivity contribution in [1.82, 2.24) is 4.57 Å². The van der Waals surface area contributed by atoms with E-state index in [9.17, 15) is 4.79 Å². The van der Waals surface area contributed by atoms with Crippen molar-refractivity contribution >= 4 is 27.3 Å². The van der Waals surface area contributed by atoms with Gasteiger partial charge in [-0.2, -0.15) is 0 Å². The SMILES string of the molecule is COCCn1c(C)cc2cc(C(=O)c3ccc(OC)cc3)sc21. The van der Waals surface area contributed by atoms with Crippen molar-refractivity contribution < 1.29 is 14.3 Å². The maximum atomic E-state index is 12.7. The van der Waals surface area contributed by atoms with Crippen LogP contribution in [0.5, 0.6) is 5.75 Å². The molecular formula is C18H19NO3S. The second-order valence-electron chi connectivity index (χ2n) is 5.36. The Morgan fingerprint density at radius 2 is 1.91 bits per heavy atom. The summed E-state index contributed by atoms with van der Waals surface area (Å²) in [5.41, 5.74) is 1.86. The summed E-state index contributed by atoms with van der Waals surface area (Å²) in [7, 11) is 3.31. The molecule has 0 spiro atoms. The maximum absolute atomic E-state index is 12.7. The fraction of sp³-hybridized carbons (Fsp3) is 0.278. The van der Waals surface area contributed by atoms with Crippen LogP contribution in [0.15, 0.2) is 36.4 Å². The molecule has 1 aromatic carbocycles. The third kappa shape index (κ3) is 3.02. The number of benzene rings is 1. The normalized spacial score (nSPS) is 11.1. The van der Waals surface area contributed by atoms with E-state index in [1.54, 1.807) is 26.4 Å². The number of carbonyl (C=O) groups is 1. The second kappa shape index (κ2) is 6.56. The number of hydrogen-bond acceptors (Lipinski definition) is 4. The van der Waals surface area contributed by atoms with Gasteiger partial charge in [-0.3, -0.25) is 4.79 Å². The first-order valence-corrected chi connectivity index (χ1v) is 8.23. The van der Waals surface area contributed by atoms with Crippen molar-refractivity contribution in [2.75, 3.05) is 20.8 Å². The van der Waals surface area contributed by atoms with Crippen molar-refractivity contribution in [3.8, 4) is 5.75 Å². The molecule has 0 radical (unpaired) electrons. The van der Waals surface area contributed by atoms with E-state index in [4.69, 9.17) is 9.47 Å². The Kier molecular flexibility index (Phi) is 4.50. The van der Waals surface area contributed by atoms with Crippen LogP contribution in [-0.4, -0.2) is 31.2 Å². The molecule has 5 heteroatoms. The second-order valence-corrected chi connectivity index (χ2v) is 6.39. The third-order valence-corrected chi connectivity index (χ3v) is 5.04. The van der Waals surface area contributed by atoms with Crippen LogP contribution >= 0.6 is 11.3 Å². The van der Waals surface area contributed by atoms with Crippen LogP contribution in [0.25, 0.3) is 10.2 Å². The lowest BCUT2D eigenvalue weighted by atomic mass is 10.1. The summed E-state index contributed by atoms with van der Waals surface area (Å²) in [6.07, 6.45) is 0. The molecule has 0 aliphatic carbocycles. The van der Waals surface area contributed by atoms with Crippen LogP contribution in [0.2, 0.25) is 0 Å². The zero-order chi connectivity index (χ0) is 16.4. The number of nitrogens with zero attached hydrogens (tertiary/aromatic N) is 1. The quantitative estimate of drug-likeness (QED) is 0.644. The number of fused-ring (bicyclic) bond motifs is 1. The number of ether oxygens (including phenoxy) is 2. The van der Waals surface area contributed by atoms with E-state index in [1.807, 2.05) is 18.2 Å². The standard InChI is InChI=1S/C18H19NO3S/c1-12-10-14-11-16(23-18(14)19(12)8-9-21-2)17(20)13-4-6-15(22-3)7-5-13/h4-7,10-11H,8-9H2,1-3H3. The van der Waals surface area contributed by atoms with Crippen LogP contribution in [0.1, 0.15) is 20.9 Å². The molecule has 0 bridgehead atoms. The molecule has 0 aliphatic heterocycles. The monoisotopic (exact) mass is 329 g/mol. The molecule has 0 saturated carbocycles. The molecule has 0 fully saturated rings. The fourth-order valence-electron chi connectivity index (χ4n) is 2.63. The average Bonchev–Trinajstić information content (AvgIpc) is 3.10. The lowest BCUT2D eigenvalue weighted by Crippen LogP contribution is -2.04. The summed E-state index contributed by atoms with van der Waals surface area (Å²) in [6.45, 7) is 3.53. The minimum atomic E-state index is 0.0461. The van der Waals surface area contributed by atoms with Crippen LogP contribution in [0.3, 0.4) is 0 Å². The highest BCUT2D eigenvalue weighted by Gasteiger charge is 2.16. The Bertz CT molecular complexity index is 830. The predicted octanol–water partition coefficient (Wildman–Crippen LogP) is 3.90. The molecule has 0 saturated heterocycles. The van der Waals surface area contributed by atoms with E-state index >= 15 is 0 Å². The number of ketones is 1. The van der Waals surface area contributed by atoms with Gasteiger partial charge >= 0.3 is 0 Å². The van der Waals surface area contributed by atoms with Crippen LogP contribution in [0, 0.1) is 6.92 Å². The lowest BCUT2D eigenvalue weighted by Gasteiger charge is -2.05. The minimum absolute atomic E-state index is 0.0461. The van der Waals surface area contributed by atoms with Gasteiger partial charge < -0.3 is 14.0 Å². The Morgan fingerprint density at radius 3 is 2.57 bits per heavy atom. The van der Waals surface area contributed by atoms with E-state index in [-0.39, 0.29) is 5.78 Å². The molecule has 0 amide bonds. The average molecular weight is 329 g/mol. The van der Waals surface area contributed by atoms with Gasteiger partial charge in [-0.15, -0.1) is 11.3 Å². The molecule has 2 aromatic heterocycles. The smallest absolute Gasteiger partial charge is 0.203 e. The molecule has 120 valence electrons. The molecule has 0 atom stereocenters. The third-order valence-electron chi connectivity index (χ3n) is 3.87. The van der Waals surface area contributed by atoms with Gasteiger partial charge in [0.1, 0.15) is 10.6 Å². The van der Waals surface area contributed by atoms with Crippen LogP contribution < -0.4 is 4.74 Å². The van der Waals surface area contributed by atoms with Crippen molar-refractivity contribution in [2.45, 2.75) is 13.5 Å². The summed E-state index contributed by atoms with van der Waals surface area (Å²) >= 11 is 1.53. The molecular weight excluding hydrogens is 310 g/mol. The zero-order valence-corrected chi connectivity index (χ0v) is 14.3. The van der Waals surface area contributed by atoms with Crippen molar-refractivity contribution in [1.29, 1.82) is 0 Å². The van der Waals surface area contributed by atoms with Crippen molar-refractivity contribution in [3.05, 3.63) is 52.5 Å². The van der Waals surface area contributed by atoms with E-state index in [2.05, 4.69) is 17.6 Å². The molecule has 0 unspecified atom stereocenters. The Morgan fingerprint density at radius 1 is 1.17 bits per heavy atom. The first-order chi connectivity index (χ1) is 11.1. The highest BCUT2D eigenvalue weighted by molar-refractivity contribution is 7.20. The van der Waals surface area contributed by atoms with E-state index < -0.39 is 0 Å². The van der Waals surface area contributed by atoms with E-state index in [1.165, 1.54) is 17.0 Å². The highest BCUT2D eigenvalue weighted by atomic mass is 32.1. The largest absolute Gasteiger partial charge is 0.497 e. The van der Waals surface area contributed by atoms with Gasteiger partial charge in [0, 0.05) is 30.3 Å². The summed E-state index contributed by atoms with van der Waals surface area (Å²) in [4.78, 5) is 14.5. The molecule has 0 aliphatic rings. The summed E-state index contributed by atoms with van der Waals surface area (Å²) < 4.78 is 12.5. The Labute approximate surface area is 139 Å². The Hall–Kier alpha value is -2.11. The maximum Gasteiger partial charge on any atom is 0.203 e. The molecule has 4 nitrogen and oxygen atoms in total. The first-order valence-electron chi connectivity index (χ1n) is 7.41. The fourth-order valence-corrected chi connectivity index (χ4v) is 3.82. The summed E-state index contributed by atoms with van der Waals surface area (Å²) in [5, 5.41) is 1.11. The van der Waals surface area contributed by atoms with Gasteiger partial charge in [-0.05, 0) is 43.3 Å². The molecule has 23 heavy (non-hydrogen) atoms. The highest BCUT2D eigenvalue weighted by Crippen LogP contribution is 2.30. The first kappa shape index (κ1) is 15.8. The minimum Gasteiger partial charge on any atom is -0.497 e. The van der Waals surface area contributed by atoms with Crippen LogP contribution in [-0.2, 0) is 11.3 Å². The predicted molar refractivity (Wildman–Crippen MR) is 92.9 cm³/mol. The van der Waals surface area contributed by atoms with E-state index in [0.29, 0.717) is 12.2 Å². The summed E-state index contributed by atoms with van der Waals surface area (Å²) in [5.74, 6) is 0.796. The topological polar surface area (TPSA) is 40.5 Å². The molecule has 0 N–H and O–H groups in total. The Balaban J connectivity index is 1.93. The number of rotatable bonds is 6. The number of aromatic nitrogens is 1. The van der Waals surface area contributed by atoms with Gasteiger partial charge in [0.2, 0.25) is 5.78 Å². The lowest BCUT2D eigenvalue weighted by molar-refractivity contribution is 0.104. The molecule has 2 heterocycles. The van der Waals surface area contributed by atoms with Crippen molar-refractivity contribution in [2.24, 2.45) is 0 Å². The van der Waals surface area contributed by atoms with E-state index in [0.717, 1.165) is 27.4 Å². The van der Waals surface area contributed by atoms with Gasteiger partial charge in [-0.1, -0.05) is 0 Å². The number of hydrogen-bond donors (Lipinski definition) is 0. The number of carbonyl (C=O) groups excluding carboxylic acids is 1. The van der Waals surface area contributed by atoms with Crippen LogP contribution in [0.4, 0.5) is 0 Å². The van der Waals surface area contributed by atoms with Gasteiger partial charge in [-0.25, -0.2) is 0 Å².